The van der Waals surface area contributed by atoms with Crippen molar-refractivity contribution in [1.82, 2.24) is 16.0 Å². The first-order valence-corrected chi connectivity index (χ1v) is 6.75. The Labute approximate surface area is 127 Å². The van der Waals surface area contributed by atoms with Gasteiger partial charge in [0.1, 0.15) is 0 Å². The van der Waals surface area contributed by atoms with Crippen molar-refractivity contribution < 1.29 is 23.9 Å². The number of ether oxygens (including phenoxy) is 2. The van der Waals surface area contributed by atoms with Crippen molar-refractivity contribution in [3.05, 3.63) is 23.8 Å². The molecule has 0 aliphatic carbocycles. The van der Waals surface area contributed by atoms with Gasteiger partial charge in [0.25, 0.3) is 0 Å². The van der Waals surface area contributed by atoms with Crippen molar-refractivity contribution in [2.45, 2.75) is 13.5 Å². The molecular weight excluding hydrogens is 290 g/mol. The fourth-order valence-corrected chi connectivity index (χ4v) is 1.81. The Hall–Kier alpha value is -2.77. The van der Waals surface area contributed by atoms with E-state index < -0.39 is 11.8 Å². The highest BCUT2D eigenvalue weighted by Gasteiger charge is 2.15. The summed E-state index contributed by atoms with van der Waals surface area (Å²) in [6.45, 7) is 2.22. The lowest BCUT2D eigenvalue weighted by Gasteiger charge is -2.07. The largest absolute Gasteiger partial charge is 0.454 e. The van der Waals surface area contributed by atoms with Crippen molar-refractivity contribution >= 4 is 17.7 Å². The number of hydrogen-bond donors (Lipinski definition) is 3. The molecule has 1 aliphatic heterocycles. The molecule has 0 saturated heterocycles. The zero-order valence-corrected chi connectivity index (χ0v) is 12.1. The Morgan fingerprint density at radius 1 is 1.00 bits per heavy atom. The molecule has 1 aliphatic rings. The second-order valence-electron chi connectivity index (χ2n) is 4.61. The third-order valence-corrected chi connectivity index (χ3v) is 2.88. The van der Waals surface area contributed by atoms with Gasteiger partial charge < -0.3 is 25.4 Å². The molecule has 8 heteroatoms. The Balaban J connectivity index is 1.72. The Bertz CT molecular complexity index is 588. The first-order valence-electron chi connectivity index (χ1n) is 6.75. The summed E-state index contributed by atoms with van der Waals surface area (Å²) in [6, 6.07) is 5.27. The van der Waals surface area contributed by atoms with Crippen molar-refractivity contribution in [2.24, 2.45) is 0 Å². The number of fused-ring (bicyclic) bond motifs is 1. The van der Waals surface area contributed by atoms with Gasteiger partial charge in [-0.15, -0.1) is 0 Å². The number of nitrogens with one attached hydrogen (secondary N) is 3. The Kier molecular flexibility index (Phi) is 5.18. The molecule has 0 bridgehead atoms. The maximum Gasteiger partial charge on any atom is 0.309 e. The van der Waals surface area contributed by atoms with Crippen LogP contribution in [-0.2, 0) is 20.9 Å². The average Bonchev–Trinajstić information content (AvgIpc) is 2.96. The maximum absolute atomic E-state index is 11.6. The number of carbonyl (C=O) groups is 3. The van der Waals surface area contributed by atoms with Gasteiger partial charge in [-0.2, -0.15) is 0 Å². The Morgan fingerprint density at radius 3 is 2.45 bits per heavy atom. The van der Waals surface area contributed by atoms with E-state index in [9.17, 15) is 14.4 Å². The minimum atomic E-state index is -0.744. The van der Waals surface area contributed by atoms with Crippen LogP contribution in [0.1, 0.15) is 12.5 Å². The fourth-order valence-electron chi connectivity index (χ4n) is 1.81. The molecule has 0 spiro atoms. The minimum absolute atomic E-state index is 0.182. The standard InChI is InChI=1S/C14H17N3O5/c1-9(18)15-4-5-16-13(19)14(20)17-7-10-2-3-11-12(6-10)22-8-21-11/h2-3,6H,4-5,7-8H2,1H3,(H,15,18)(H,16,19)(H,17,20). The number of benzene rings is 1. The van der Waals surface area contributed by atoms with Gasteiger partial charge in [0.05, 0.1) is 0 Å². The highest BCUT2D eigenvalue weighted by atomic mass is 16.7. The van der Waals surface area contributed by atoms with Crippen LogP contribution in [0.3, 0.4) is 0 Å². The van der Waals surface area contributed by atoms with Crippen LogP contribution < -0.4 is 25.4 Å². The maximum atomic E-state index is 11.6. The second-order valence-corrected chi connectivity index (χ2v) is 4.61. The highest BCUT2D eigenvalue weighted by molar-refractivity contribution is 6.35. The average molecular weight is 307 g/mol. The van der Waals surface area contributed by atoms with Crippen LogP contribution in [0.5, 0.6) is 11.5 Å². The van der Waals surface area contributed by atoms with Gasteiger partial charge in [-0.05, 0) is 17.7 Å². The van der Waals surface area contributed by atoms with Gasteiger partial charge in [-0.25, -0.2) is 0 Å². The van der Waals surface area contributed by atoms with Crippen molar-refractivity contribution in [1.29, 1.82) is 0 Å². The lowest BCUT2D eigenvalue weighted by atomic mass is 10.2. The van der Waals surface area contributed by atoms with Crippen LogP contribution in [-0.4, -0.2) is 37.6 Å². The second kappa shape index (κ2) is 7.30. The minimum Gasteiger partial charge on any atom is -0.454 e. The van der Waals surface area contributed by atoms with Gasteiger partial charge in [0, 0.05) is 26.6 Å². The van der Waals surface area contributed by atoms with E-state index in [0.717, 1.165) is 5.56 Å². The Morgan fingerprint density at radius 2 is 1.68 bits per heavy atom. The monoisotopic (exact) mass is 307 g/mol. The summed E-state index contributed by atoms with van der Waals surface area (Å²) < 4.78 is 10.4. The predicted octanol–water partition coefficient (Wildman–Crippen LogP) is -0.716. The van der Waals surface area contributed by atoms with E-state index in [0.29, 0.717) is 11.5 Å². The van der Waals surface area contributed by atoms with Crippen LogP contribution in [0.4, 0.5) is 0 Å². The van der Waals surface area contributed by atoms with Crippen LogP contribution >= 0.6 is 0 Å². The lowest BCUT2D eigenvalue weighted by Crippen LogP contribution is -2.42. The molecule has 22 heavy (non-hydrogen) atoms. The van der Waals surface area contributed by atoms with Gasteiger partial charge in [0.2, 0.25) is 12.7 Å². The van der Waals surface area contributed by atoms with E-state index >= 15 is 0 Å². The molecule has 1 aromatic carbocycles. The zero-order chi connectivity index (χ0) is 15.9. The molecule has 118 valence electrons. The van der Waals surface area contributed by atoms with E-state index in [4.69, 9.17) is 9.47 Å². The van der Waals surface area contributed by atoms with E-state index in [2.05, 4.69) is 16.0 Å². The van der Waals surface area contributed by atoms with E-state index in [1.165, 1.54) is 6.92 Å². The van der Waals surface area contributed by atoms with Gasteiger partial charge in [0.15, 0.2) is 11.5 Å². The molecule has 0 atom stereocenters. The first kappa shape index (κ1) is 15.6. The zero-order valence-electron chi connectivity index (χ0n) is 12.1. The normalized spacial score (nSPS) is 11.7. The van der Waals surface area contributed by atoms with E-state index in [1.807, 2.05) is 0 Å². The number of amides is 3. The molecule has 1 heterocycles. The van der Waals surface area contributed by atoms with Gasteiger partial charge >= 0.3 is 11.8 Å². The van der Waals surface area contributed by atoms with Crippen LogP contribution in [0, 0.1) is 0 Å². The van der Waals surface area contributed by atoms with Crippen molar-refractivity contribution in [3.8, 4) is 11.5 Å². The molecular formula is C14H17N3O5. The van der Waals surface area contributed by atoms with E-state index in [1.54, 1.807) is 18.2 Å². The summed E-state index contributed by atoms with van der Waals surface area (Å²) >= 11 is 0. The molecule has 0 saturated carbocycles. The third kappa shape index (κ3) is 4.37. The molecule has 0 aromatic heterocycles. The third-order valence-electron chi connectivity index (χ3n) is 2.88. The quantitative estimate of drug-likeness (QED) is 0.492. The fraction of sp³-hybridized carbons (Fsp3) is 0.357. The molecule has 8 nitrogen and oxygen atoms in total. The smallest absolute Gasteiger partial charge is 0.309 e. The van der Waals surface area contributed by atoms with Crippen LogP contribution in [0.25, 0.3) is 0 Å². The summed E-state index contributed by atoms with van der Waals surface area (Å²) in [4.78, 5) is 33.8. The number of hydrogen-bond acceptors (Lipinski definition) is 5. The number of rotatable bonds is 5. The van der Waals surface area contributed by atoms with Crippen molar-refractivity contribution in [3.63, 3.8) is 0 Å². The van der Waals surface area contributed by atoms with E-state index in [-0.39, 0.29) is 32.3 Å². The van der Waals surface area contributed by atoms with Gasteiger partial charge in [-0.1, -0.05) is 6.07 Å². The SMILES string of the molecule is CC(=O)NCCNC(=O)C(=O)NCc1ccc2c(c1)OCO2. The summed E-state index contributed by atoms with van der Waals surface area (Å²) in [5, 5.41) is 7.42. The molecule has 3 N–H and O–H groups in total. The van der Waals surface area contributed by atoms with Crippen LogP contribution in [0.2, 0.25) is 0 Å². The first-order chi connectivity index (χ1) is 10.6. The summed E-state index contributed by atoms with van der Waals surface area (Å²) in [5.74, 6) is -0.398. The van der Waals surface area contributed by atoms with Gasteiger partial charge in [-0.3, -0.25) is 14.4 Å². The molecule has 0 radical (unpaired) electrons. The predicted molar refractivity (Wildman–Crippen MR) is 76.1 cm³/mol. The summed E-state index contributed by atoms with van der Waals surface area (Å²) in [6.07, 6.45) is 0. The summed E-state index contributed by atoms with van der Waals surface area (Å²) in [7, 11) is 0. The highest BCUT2D eigenvalue weighted by Crippen LogP contribution is 2.32. The summed E-state index contributed by atoms with van der Waals surface area (Å²) in [5.41, 5.74) is 0.795. The molecule has 3 amide bonds. The topological polar surface area (TPSA) is 106 Å². The number of carbonyl (C=O) groups excluding carboxylic acids is 3. The van der Waals surface area contributed by atoms with Crippen molar-refractivity contribution in [2.75, 3.05) is 19.9 Å². The molecule has 0 unspecified atom stereocenters. The molecule has 0 fully saturated rings. The van der Waals surface area contributed by atoms with Crippen LogP contribution in [0.15, 0.2) is 18.2 Å². The molecule has 1 aromatic rings. The lowest BCUT2D eigenvalue weighted by molar-refractivity contribution is -0.139. The molecule has 2 rings (SSSR count).